The van der Waals surface area contributed by atoms with Gasteiger partial charge < -0.3 is 5.32 Å². The maximum absolute atomic E-state index is 13.0. The molecular formula is C18H19F3N2O3S. The molecule has 0 aliphatic heterocycles. The number of benzene rings is 1. The zero-order chi connectivity index (χ0) is 20.1. The first-order valence-corrected chi connectivity index (χ1v) is 10.4. The topological polar surface area (TPSA) is 87.0 Å². The van der Waals surface area contributed by atoms with E-state index < -0.39 is 43.5 Å². The van der Waals surface area contributed by atoms with Gasteiger partial charge in [-0.3, -0.25) is 4.79 Å². The molecule has 1 aromatic rings. The van der Waals surface area contributed by atoms with Gasteiger partial charge in [-0.15, -0.1) is 0 Å². The average molecular weight is 400 g/mol. The molecule has 3 fully saturated rings. The number of fused-ring (bicyclic) bond motifs is 3. The minimum absolute atomic E-state index is 0.374. The third-order valence-electron chi connectivity index (χ3n) is 5.81. The molecule has 0 radical (unpaired) electrons. The normalized spacial score (nSPS) is 27.8. The van der Waals surface area contributed by atoms with Crippen LogP contribution in [0.1, 0.15) is 54.4 Å². The Morgan fingerprint density at radius 3 is 2.15 bits per heavy atom. The molecule has 27 heavy (non-hydrogen) atoms. The molecule has 0 aromatic heterocycles. The predicted molar refractivity (Wildman–Crippen MR) is 90.5 cm³/mol. The maximum Gasteiger partial charge on any atom is 0.416 e. The van der Waals surface area contributed by atoms with Gasteiger partial charge in [0.1, 0.15) is 0 Å². The molecular weight excluding hydrogens is 381 g/mol. The molecule has 0 spiro atoms. The van der Waals surface area contributed by atoms with E-state index in [2.05, 4.69) is 11.4 Å². The Labute approximate surface area is 155 Å². The van der Waals surface area contributed by atoms with Crippen LogP contribution < -0.4 is 5.32 Å². The average Bonchev–Trinajstić information content (AvgIpc) is 2.61. The Morgan fingerprint density at radius 1 is 1.15 bits per heavy atom. The number of hydrogen-bond acceptors (Lipinski definition) is 4. The molecule has 2 bridgehead atoms. The number of nitriles is 1. The van der Waals surface area contributed by atoms with Crippen LogP contribution >= 0.6 is 0 Å². The molecule has 3 saturated carbocycles. The van der Waals surface area contributed by atoms with Crippen molar-refractivity contribution in [3.05, 3.63) is 29.3 Å². The molecule has 5 nitrogen and oxygen atoms in total. The third-order valence-corrected chi connectivity index (χ3v) is 6.97. The first-order valence-electron chi connectivity index (χ1n) is 8.55. The Kier molecular flexibility index (Phi) is 4.54. The highest BCUT2D eigenvalue weighted by atomic mass is 32.2. The van der Waals surface area contributed by atoms with Gasteiger partial charge in [-0.1, -0.05) is 0 Å². The molecule has 146 valence electrons. The molecule has 0 heterocycles. The van der Waals surface area contributed by atoms with Crippen molar-refractivity contribution < 1.29 is 26.4 Å². The number of amides is 1. The first kappa shape index (κ1) is 19.7. The van der Waals surface area contributed by atoms with Crippen LogP contribution in [0, 0.1) is 16.7 Å². The molecule has 9 heteroatoms. The number of carbonyl (C=O) groups is 1. The second-order valence-electron chi connectivity index (χ2n) is 7.61. The van der Waals surface area contributed by atoms with Crippen LogP contribution in [0.15, 0.2) is 23.1 Å². The van der Waals surface area contributed by atoms with E-state index in [-0.39, 0.29) is 5.41 Å². The SMILES string of the molecule is CS(=O)(=O)c1ccc(C(F)(F)F)cc1C(=O)NC12CCC(C#N)(CC1)CC2. The van der Waals surface area contributed by atoms with Crippen molar-refractivity contribution in [1.29, 1.82) is 5.26 Å². The number of halogens is 3. The van der Waals surface area contributed by atoms with Gasteiger partial charge in [0.15, 0.2) is 9.84 Å². The molecule has 4 rings (SSSR count). The van der Waals surface area contributed by atoms with Gasteiger partial charge >= 0.3 is 6.18 Å². The predicted octanol–water partition coefficient (Wildman–Crippen LogP) is 3.46. The summed E-state index contributed by atoms with van der Waals surface area (Å²) in [6.45, 7) is 0. The lowest BCUT2D eigenvalue weighted by molar-refractivity contribution is -0.137. The Morgan fingerprint density at radius 2 is 1.70 bits per heavy atom. The Balaban J connectivity index is 1.94. The van der Waals surface area contributed by atoms with Crippen LogP contribution in [-0.4, -0.2) is 26.1 Å². The van der Waals surface area contributed by atoms with E-state index in [1.165, 1.54) is 0 Å². The van der Waals surface area contributed by atoms with E-state index in [0.29, 0.717) is 50.7 Å². The summed E-state index contributed by atoms with van der Waals surface area (Å²) < 4.78 is 63.0. The fraction of sp³-hybridized carbons (Fsp3) is 0.556. The molecule has 0 unspecified atom stereocenters. The molecule has 1 amide bonds. The van der Waals surface area contributed by atoms with E-state index in [1.54, 1.807) is 0 Å². The van der Waals surface area contributed by atoms with E-state index in [4.69, 9.17) is 0 Å². The van der Waals surface area contributed by atoms with Gasteiger partial charge in [0.05, 0.1) is 27.5 Å². The molecule has 0 atom stereocenters. The van der Waals surface area contributed by atoms with Gasteiger partial charge in [0.2, 0.25) is 0 Å². The van der Waals surface area contributed by atoms with E-state index in [1.807, 2.05) is 0 Å². The summed E-state index contributed by atoms with van der Waals surface area (Å²) >= 11 is 0. The van der Waals surface area contributed by atoms with Gasteiger partial charge in [-0.25, -0.2) is 8.42 Å². The van der Waals surface area contributed by atoms with Crippen molar-refractivity contribution in [3.63, 3.8) is 0 Å². The van der Waals surface area contributed by atoms with Crippen molar-refractivity contribution in [1.82, 2.24) is 5.32 Å². The standard InChI is InChI=1S/C18H19F3N2O3S/c1-27(25,26)14-3-2-12(18(19,20)21)10-13(14)15(24)23-17-7-4-16(11-22,5-8-17)6-9-17/h2-3,10H,4-9H2,1H3,(H,23,24). The van der Waals surface area contributed by atoms with Crippen LogP contribution in [-0.2, 0) is 16.0 Å². The summed E-state index contributed by atoms with van der Waals surface area (Å²) in [4.78, 5) is 12.4. The van der Waals surface area contributed by atoms with Crippen LogP contribution in [0.2, 0.25) is 0 Å². The van der Waals surface area contributed by atoms with Crippen LogP contribution in [0.25, 0.3) is 0 Å². The number of alkyl halides is 3. The van der Waals surface area contributed by atoms with Crippen molar-refractivity contribution in [2.75, 3.05) is 6.26 Å². The smallest absolute Gasteiger partial charge is 0.347 e. The fourth-order valence-corrected chi connectivity index (χ4v) is 4.92. The van der Waals surface area contributed by atoms with Gasteiger partial charge in [0, 0.05) is 11.8 Å². The van der Waals surface area contributed by atoms with Gasteiger partial charge in [-0.2, -0.15) is 18.4 Å². The van der Waals surface area contributed by atoms with Crippen LogP contribution in [0.5, 0.6) is 0 Å². The van der Waals surface area contributed by atoms with Crippen molar-refractivity contribution in [2.24, 2.45) is 5.41 Å². The number of sulfone groups is 1. The second kappa shape index (κ2) is 6.23. The molecule has 1 aromatic carbocycles. The van der Waals surface area contributed by atoms with Crippen LogP contribution in [0.3, 0.4) is 0 Å². The number of nitrogens with one attached hydrogen (secondary N) is 1. The van der Waals surface area contributed by atoms with E-state index >= 15 is 0 Å². The summed E-state index contributed by atoms with van der Waals surface area (Å²) in [5, 5.41) is 12.1. The zero-order valence-corrected chi connectivity index (χ0v) is 15.5. The summed E-state index contributed by atoms with van der Waals surface area (Å²) in [5.41, 5.74) is -2.54. The fourth-order valence-electron chi connectivity index (χ4n) is 4.06. The van der Waals surface area contributed by atoms with Crippen molar-refractivity contribution in [3.8, 4) is 6.07 Å². The molecule has 3 aliphatic carbocycles. The summed E-state index contributed by atoms with van der Waals surface area (Å²) in [6.07, 6.45) is -0.321. The number of hydrogen-bond donors (Lipinski definition) is 1. The first-order chi connectivity index (χ1) is 12.4. The summed E-state index contributed by atoms with van der Waals surface area (Å²) in [7, 11) is -3.88. The van der Waals surface area contributed by atoms with E-state index in [0.717, 1.165) is 12.3 Å². The molecule has 1 N–H and O–H groups in total. The minimum atomic E-state index is -4.69. The highest BCUT2D eigenvalue weighted by Gasteiger charge is 2.49. The number of nitrogens with zero attached hydrogens (tertiary/aromatic N) is 1. The van der Waals surface area contributed by atoms with Gasteiger partial charge in [0.25, 0.3) is 5.91 Å². The van der Waals surface area contributed by atoms with Crippen molar-refractivity contribution >= 4 is 15.7 Å². The maximum atomic E-state index is 13.0. The minimum Gasteiger partial charge on any atom is -0.347 e. The largest absolute Gasteiger partial charge is 0.416 e. The zero-order valence-electron chi connectivity index (χ0n) is 14.7. The van der Waals surface area contributed by atoms with Crippen molar-refractivity contribution in [2.45, 2.75) is 55.1 Å². The highest BCUT2D eigenvalue weighted by Crippen LogP contribution is 2.52. The molecule has 0 saturated heterocycles. The summed E-state index contributed by atoms with van der Waals surface area (Å²) in [6, 6.07) is 4.42. The lowest BCUT2D eigenvalue weighted by Crippen LogP contribution is -2.56. The Bertz CT molecular complexity index is 908. The monoisotopic (exact) mass is 400 g/mol. The van der Waals surface area contributed by atoms with Crippen LogP contribution in [0.4, 0.5) is 13.2 Å². The lowest BCUT2D eigenvalue weighted by atomic mass is 9.58. The Hall–Kier alpha value is -2.08. The number of rotatable bonds is 3. The quantitative estimate of drug-likeness (QED) is 0.842. The second-order valence-corrected chi connectivity index (χ2v) is 9.59. The number of carbonyl (C=O) groups excluding carboxylic acids is 1. The lowest BCUT2D eigenvalue weighted by Gasteiger charge is -2.50. The summed E-state index contributed by atoms with van der Waals surface area (Å²) in [5.74, 6) is -0.826. The van der Waals surface area contributed by atoms with Gasteiger partial charge in [-0.05, 0) is 56.7 Å². The third kappa shape index (κ3) is 3.68. The highest BCUT2D eigenvalue weighted by molar-refractivity contribution is 7.90. The molecule has 3 aliphatic rings. The van der Waals surface area contributed by atoms with E-state index in [9.17, 15) is 31.6 Å².